The van der Waals surface area contributed by atoms with Crippen LogP contribution in [0.25, 0.3) is 11.5 Å². The molecule has 1 aliphatic heterocycles. The second-order valence-corrected chi connectivity index (χ2v) is 6.67. The Balaban J connectivity index is 1.33. The van der Waals surface area contributed by atoms with E-state index in [2.05, 4.69) is 37.6 Å². The highest BCUT2D eigenvalue weighted by Gasteiger charge is 2.20. The molecule has 0 bridgehead atoms. The van der Waals surface area contributed by atoms with Gasteiger partial charge in [-0.2, -0.15) is 5.10 Å². The van der Waals surface area contributed by atoms with Crippen molar-refractivity contribution in [2.75, 3.05) is 7.05 Å². The predicted molar refractivity (Wildman–Crippen MR) is 102 cm³/mol. The Labute approximate surface area is 157 Å². The summed E-state index contributed by atoms with van der Waals surface area (Å²) in [5.74, 6) is 2.41. The first-order chi connectivity index (χ1) is 13.2. The Bertz CT molecular complexity index is 926. The highest BCUT2D eigenvalue weighted by Crippen LogP contribution is 2.19. The first-order valence-electron chi connectivity index (χ1n) is 9.06. The van der Waals surface area contributed by atoms with Crippen LogP contribution in [0.15, 0.2) is 46.3 Å². The minimum Gasteiger partial charge on any atom is -0.444 e. The van der Waals surface area contributed by atoms with Crippen molar-refractivity contribution in [3.8, 4) is 11.5 Å². The van der Waals surface area contributed by atoms with Crippen molar-refractivity contribution < 1.29 is 4.42 Å². The fraction of sp³-hybridized carbons (Fsp3) is 0.368. The number of nitrogens with one attached hydrogen (secondary N) is 2. The minimum absolute atomic E-state index is 0.269. The summed E-state index contributed by atoms with van der Waals surface area (Å²) < 4.78 is 7.55. The van der Waals surface area contributed by atoms with Crippen LogP contribution in [0.1, 0.15) is 23.5 Å². The summed E-state index contributed by atoms with van der Waals surface area (Å²) in [4.78, 5) is 13.1. The van der Waals surface area contributed by atoms with Crippen molar-refractivity contribution >= 4 is 5.96 Å². The molecular weight excluding hydrogens is 342 g/mol. The van der Waals surface area contributed by atoms with Crippen molar-refractivity contribution in [3.05, 3.63) is 53.9 Å². The standard InChI is InChI=1S/C19H23N7O/c1-13-3-5-14(6-4-13)18-24-16(11-27-18)9-21-19(20-2)25-15-7-8-17-22-12-23-26(17)10-15/h3-6,11-12,15H,7-10H2,1-2H3,(H2,20,21,25). The lowest BCUT2D eigenvalue weighted by molar-refractivity contribution is 0.392. The van der Waals surface area contributed by atoms with E-state index in [1.54, 1.807) is 19.6 Å². The van der Waals surface area contributed by atoms with E-state index in [0.717, 1.165) is 42.4 Å². The maximum atomic E-state index is 5.61. The van der Waals surface area contributed by atoms with Gasteiger partial charge in [0.1, 0.15) is 18.4 Å². The van der Waals surface area contributed by atoms with E-state index in [1.165, 1.54) is 5.56 Å². The summed E-state index contributed by atoms with van der Waals surface area (Å²) in [6.45, 7) is 3.39. The van der Waals surface area contributed by atoms with Crippen molar-refractivity contribution in [3.63, 3.8) is 0 Å². The maximum Gasteiger partial charge on any atom is 0.226 e. The monoisotopic (exact) mass is 365 g/mol. The summed E-state index contributed by atoms with van der Waals surface area (Å²) in [7, 11) is 1.76. The molecule has 0 aliphatic carbocycles. The van der Waals surface area contributed by atoms with Crippen LogP contribution in [0.2, 0.25) is 0 Å². The number of fused-ring (bicyclic) bond motifs is 1. The molecule has 0 saturated carbocycles. The van der Waals surface area contributed by atoms with Crippen molar-refractivity contribution in [2.45, 2.75) is 38.9 Å². The lowest BCUT2D eigenvalue weighted by atomic mass is 10.1. The molecule has 8 nitrogen and oxygen atoms in total. The number of guanidine groups is 1. The van der Waals surface area contributed by atoms with Crippen molar-refractivity contribution in [1.82, 2.24) is 30.4 Å². The second kappa shape index (κ2) is 7.61. The smallest absolute Gasteiger partial charge is 0.226 e. The van der Waals surface area contributed by atoms with E-state index in [1.807, 2.05) is 28.9 Å². The van der Waals surface area contributed by atoms with Crippen LogP contribution in [0, 0.1) is 6.92 Å². The van der Waals surface area contributed by atoms with Crippen LogP contribution in [-0.4, -0.2) is 38.8 Å². The predicted octanol–water partition coefficient (Wildman–Crippen LogP) is 1.92. The molecule has 1 unspecified atom stereocenters. The van der Waals surface area contributed by atoms with Crippen molar-refractivity contribution in [1.29, 1.82) is 0 Å². The molecule has 0 saturated heterocycles. The van der Waals surface area contributed by atoms with Crippen LogP contribution < -0.4 is 10.6 Å². The number of hydrogen-bond donors (Lipinski definition) is 2. The molecule has 1 aromatic carbocycles. The molecule has 3 heterocycles. The average Bonchev–Trinajstić information content (AvgIpc) is 3.34. The van der Waals surface area contributed by atoms with Crippen LogP contribution >= 0.6 is 0 Å². The van der Waals surface area contributed by atoms with E-state index in [9.17, 15) is 0 Å². The summed E-state index contributed by atoms with van der Waals surface area (Å²) >= 11 is 0. The minimum atomic E-state index is 0.269. The lowest BCUT2D eigenvalue weighted by Crippen LogP contribution is -2.46. The first kappa shape index (κ1) is 17.3. The first-order valence-corrected chi connectivity index (χ1v) is 9.06. The molecule has 0 radical (unpaired) electrons. The van der Waals surface area contributed by atoms with E-state index in [-0.39, 0.29) is 6.04 Å². The van der Waals surface area contributed by atoms with Gasteiger partial charge < -0.3 is 15.1 Å². The molecule has 0 fully saturated rings. The van der Waals surface area contributed by atoms with Crippen LogP contribution in [0.5, 0.6) is 0 Å². The Morgan fingerprint density at radius 2 is 2.19 bits per heavy atom. The molecule has 140 valence electrons. The molecule has 1 atom stereocenters. The SMILES string of the molecule is CN=C(NCc1coc(-c2ccc(C)cc2)n1)NC1CCc2ncnn2C1. The Hall–Kier alpha value is -3.16. The average molecular weight is 365 g/mol. The fourth-order valence-electron chi connectivity index (χ4n) is 3.13. The summed E-state index contributed by atoms with van der Waals surface area (Å²) in [5, 5.41) is 11.0. The molecule has 3 aromatic rings. The van der Waals surface area contributed by atoms with Gasteiger partial charge in [-0.25, -0.2) is 14.6 Å². The molecule has 4 rings (SSSR count). The number of aromatic nitrogens is 4. The van der Waals surface area contributed by atoms with E-state index in [0.29, 0.717) is 12.4 Å². The third-order valence-corrected chi connectivity index (χ3v) is 4.66. The van der Waals surface area contributed by atoms with E-state index < -0.39 is 0 Å². The van der Waals surface area contributed by atoms with Gasteiger partial charge in [0.25, 0.3) is 0 Å². The number of aryl methyl sites for hydroxylation is 2. The van der Waals surface area contributed by atoms with Gasteiger partial charge in [0.15, 0.2) is 5.96 Å². The quantitative estimate of drug-likeness (QED) is 0.542. The molecule has 0 amide bonds. The number of hydrogen-bond acceptors (Lipinski definition) is 5. The summed E-state index contributed by atoms with van der Waals surface area (Å²) in [5.41, 5.74) is 3.01. The fourth-order valence-corrected chi connectivity index (χ4v) is 3.13. The van der Waals surface area contributed by atoms with Gasteiger partial charge in [0, 0.05) is 25.1 Å². The van der Waals surface area contributed by atoms with Gasteiger partial charge in [0.05, 0.1) is 18.8 Å². The topological polar surface area (TPSA) is 93.2 Å². The molecule has 2 aromatic heterocycles. The number of oxazole rings is 1. The number of rotatable bonds is 4. The molecule has 2 N–H and O–H groups in total. The van der Waals surface area contributed by atoms with Crippen LogP contribution in [0.4, 0.5) is 0 Å². The zero-order chi connectivity index (χ0) is 18.6. The Kier molecular flexibility index (Phi) is 4.86. The van der Waals surface area contributed by atoms with Gasteiger partial charge >= 0.3 is 0 Å². The number of nitrogens with zero attached hydrogens (tertiary/aromatic N) is 5. The van der Waals surface area contributed by atoms with Gasteiger partial charge in [0.2, 0.25) is 5.89 Å². The highest BCUT2D eigenvalue weighted by atomic mass is 16.3. The third kappa shape index (κ3) is 3.99. The maximum absolute atomic E-state index is 5.61. The van der Waals surface area contributed by atoms with Crippen molar-refractivity contribution in [2.24, 2.45) is 4.99 Å². The van der Waals surface area contributed by atoms with Gasteiger partial charge in [-0.15, -0.1) is 0 Å². The van der Waals surface area contributed by atoms with E-state index in [4.69, 9.17) is 4.42 Å². The zero-order valence-electron chi connectivity index (χ0n) is 15.5. The summed E-state index contributed by atoms with van der Waals surface area (Å²) in [6.07, 6.45) is 5.21. The normalized spacial score (nSPS) is 16.8. The Morgan fingerprint density at radius 1 is 1.33 bits per heavy atom. The zero-order valence-corrected chi connectivity index (χ0v) is 15.5. The van der Waals surface area contributed by atoms with Crippen LogP contribution in [-0.2, 0) is 19.5 Å². The molecule has 1 aliphatic rings. The Morgan fingerprint density at radius 3 is 3.00 bits per heavy atom. The van der Waals surface area contributed by atoms with Crippen LogP contribution in [0.3, 0.4) is 0 Å². The van der Waals surface area contributed by atoms with E-state index >= 15 is 0 Å². The number of aliphatic imine (C=N–C) groups is 1. The van der Waals surface area contributed by atoms with Gasteiger partial charge in [-0.3, -0.25) is 4.99 Å². The molecule has 0 spiro atoms. The molecular formula is C19H23N7O. The van der Waals surface area contributed by atoms with Gasteiger partial charge in [-0.1, -0.05) is 17.7 Å². The second-order valence-electron chi connectivity index (χ2n) is 6.67. The summed E-state index contributed by atoms with van der Waals surface area (Å²) in [6, 6.07) is 8.40. The number of benzene rings is 1. The highest BCUT2D eigenvalue weighted by molar-refractivity contribution is 5.79. The molecule has 8 heteroatoms. The molecule has 27 heavy (non-hydrogen) atoms. The largest absolute Gasteiger partial charge is 0.444 e. The lowest BCUT2D eigenvalue weighted by Gasteiger charge is -2.25. The van der Waals surface area contributed by atoms with Gasteiger partial charge in [-0.05, 0) is 25.5 Å². The third-order valence-electron chi connectivity index (χ3n) is 4.66.